The van der Waals surface area contributed by atoms with Crippen molar-refractivity contribution in [3.63, 3.8) is 0 Å². The quantitative estimate of drug-likeness (QED) is 0.252. The fraction of sp³-hybridized carbons (Fsp3) is 0.913. The van der Waals surface area contributed by atoms with Gasteiger partial charge < -0.3 is 10.2 Å². The Hall–Kier alpha value is -1.06. The number of hydrogen-bond donors (Lipinski definition) is 2. The molecule has 0 aliphatic heterocycles. The predicted molar refractivity (Wildman–Crippen MR) is 112 cm³/mol. The van der Waals surface area contributed by atoms with E-state index in [-0.39, 0.29) is 11.8 Å². The van der Waals surface area contributed by atoms with Crippen LogP contribution in [-0.4, -0.2) is 22.2 Å². The van der Waals surface area contributed by atoms with E-state index < -0.39 is 17.4 Å². The van der Waals surface area contributed by atoms with E-state index in [1.807, 2.05) is 27.7 Å². The molecule has 0 radical (unpaired) electrons. The lowest BCUT2D eigenvalue weighted by atomic mass is 9.66. The zero-order valence-corrected chi connectivity index (χ0v) is 18.3. The second-order valence-electron chi connectivity index (χ2n) is 8.79. The number of aliphatic carboxylic acids is 2. The van der Waals surface area contributed by atoms with Crippen molar-refractivity contribution in [3.8, 4) is 0 Å². The van der Waals surface area contributed by atoms with E-state index in [1.54, 1.807) is 0 Å². The lowest BCUT2D eigenvalue weighted by Gasteiger charge is -2.37. The van der Waals surface area contributed by atoms with E-state index >= 15 is 0 Å². The first kappa shape index (κ1) is 25.9. The summed E-state index contributed by atoms with van der Waals surface area (Å²) in [6.45, 7) is 8.17. The van der Waals surface area contributed by atoms with Crippen molar-refractivity contribution in [2.24, 2.45) is 17.3 Å². The Morgan fingerprint density at radius 1 is 0.630 bits per heavy atom. The summed E-state index contributed by atoms with van der Waals surface area (Å²) in [6, 6.07) is 0. The normalized spacial score (nSPS) is 12.1. The fourth-order valence-electron chi connectivity index (χ4n) is 4.31. The molecular formula is C23H44O4. The number of rotatable bonds is 18. The van der Waals surface area contributed by atoms with Crippen molar-refractivity contribution >= 4 is 11.9 Å². The highest BCUT2D eigenvalue weighted by molar-refractivity contribution is 5.75. The van der Waals surface area contributed by atoms with Crippen LogP contribution in [-0.2, 0) is 9.59 Å². The van der Waals surface area contributed by atoms with E-state index in [0.29, 0.717) is 6.42 Å². The molecule has 4 nitrogen and oxygen atoms in total. The van der Waals surface area contributed by atoms with Gasteiger partial charge in [-0.3, -0.25) is 9.59 Å². The van der Waals surface area contributed by atoms with Crippen molar-refractivity contribution in [2.75, 3.05) is 0 Å². The molecule has 4 heteroatoms. The molecule has 0 aromatic rings. The fourth-order valence-corrected chi connectivity index (χ4v) is 4.31. The Labute approximate surface area is 167 Å². The van der Waals surface area contributed by atoms with Crippen LogP contribution in [0.15, 0.2) is 0 Å². The molecule has 0 aliphatic rings. The minimum absolute atomic E-state index is 0.166. The molecule has 2 N–H and O–H groups in total. The molecule has 0 spiro atoms. The molecule has 0 fully saturated rings. The zero-order valence-electron chi connectivity index (χ0n) is 18.3. The second-order valence-corrected chi connectivity index (χ2v) is 8.79. The molecule has 27 heavy (non-hydrogen) atoms. The molecule has 0 aromatic carbocycles. The Morgan fingerprint density at radius 2 is 0.963 bits per heavy atom. The number of carboxylic acid groups (broad SMARTS) is 2. The maximum atomic E-state index is 11.9. The van der Waals surface area contributed by atoms with Crippen LogP contribution in [0.25, 0.3) is 0 Å². The van der Waals surface area contributed by atoms with Crippen molar-refractivity contribution in [3.05, 3.63) is 0 Å². The topological polar surface area (TPSA) is 74.6 Å². The molecule has 0 rings (SSSR count). The first-order chi connectivity index (χ1) is 12.7. The Balaban J connectivity index is 3.64. The van der Waals surface area contributed by atoms with Gasteiger partial charge in [0.15, 0.2) is 0 Å². The lowest BCUT2D eigenvalue weighted by molar-refractivity contribution is -0.156. The number of carbonyl (C=O) groups is 2. The average Bonchev–Trinajstić information content (AvgIpc) is 2.57. The van der Waals surface area contributed by atoms with Gasteiger partial charge in [-0.25, -0.2) is 0 Å². The molecule has 0 heterocycles. The van der Waals surface area contributed by atoms with Gasteiger partial charge in [-0.15, -0.1) is 0 Å². The smallest absolute Gasteiger partial charge is 0.310 e. The van der Waals surface area contributed by atoms with Gasteiger partial charge >= 0.3 is 11.9 Å². The van der Waals surface area contributed by atoms with E-state index in [0.717, 1.165) is 38.5 Å². The molecule has 0 amide bonds. The minimum atomic E-state index is -0.683. The van der Waals surface area contributed by atoms with Crippen LogP contribution >= 0.6 is 0 Å². The van der Waals surface area contributed by atoms with Gasteiger partial charge in [-0.05, 0) is 24.7 Å². The predicted octanol–water partition coefficient (Wildman–Crippen LogP) is 6.92. The molecule has 0 atom stereocenters. The molecule has 0 unspecified atom stereocenters. The third kappa shape index (κ3) is 10.8. The number of hydrogen-bond acceptors (Lipinski definition) is 2. The summed E-state index contributed by atoms with van der Waals surface area (Å²) in [4.78, 5) is 22.3. The monoisotopic (exact) mass is 384 g/mol. The number of carboxylic acids is 2. The maximum Gasteiger partial charge on any atom is 0.310 e. The first-order valence-corrected chi connectivity index (χ1v) is 11.2. The van der Waals surface area contributed by atoms with Crippen LogP contribution in [0.3, 0.4) is 0 Å². The Kier molecular flexibility index (Phi) is 14.3. The van der Waals surface area contributed by atoms with Gasteiger partial charge in [-0.1, -0.05) is 98.3 Å². The SMILES string of the molecule is CC(C)C(CCCCCCCCCCCCCCC(=O)O)(C(=O)O)C(C)C. The van der Waals surface area contributed by atoms with E-state index in [4.69, 9.17) is 5.11 Å². The average molecular weight is 385 g/mol. The third-order valence-corrected chi connectivity index (χ3v) is 6.19. The number of unbranched alkanes of at least 4 members (excludes halogenated alkanes) is 11. The summed E-state index contributed by atoms with van der Waals surface area (Å²) in [7, 11) is 0. The second kappa shape index (κ2) is 14.9. The van der Waals surface area contributed by atoms with Crippen molar-refractivity contribution in [1.29, 1.82) is 0 Å². The van der Waals surface area contributed by atoms with E-state index in [9.17, 15) is 14.7 Å². The standard InChI is InChI=1S/C23H44O4/c1-19(2)23(20(3)4,22(26)27)18-16-14-12-10-8-6-5-7-9-11-13-15-17-21(24)25/h19-20H,5-18H2,1-4H3,(H,24,25)(H,26,27). The van der Waals surface area contributed by atoms with Crippen molar-refractivity contribution < 1.29 is 19.8 Å². The van der Waals surface area contributed by atoms with Crippen molar-refractivity contribution in [2.45, 2.75) is 118 Å². The van der Waals surface area contributed by atoms with Crippen LogP contribution in [0.1, 0.15) is 118 Å². The largest absolute Gasteiger partial charge is 0.481 e. The molecule has 0 aromatic heterocycles. The highest BCUT2D eigenvalue weighted by Gasteiger charge is 2.43. The summed E-state index contributed by atoms with van der Waals surface area (Å²) >= 11 is 0. The van der Waals surface area contributed by atoms with Gasteiger partial charge in [0.25, 0.3) is 0 Å². The van der Waals surface area contributed by atoms with Gasteiger partial charge in [0, 0.05) is 6.42 Å². The van der Waals surface area contributed by atoms with Crippen LogP contribution in [0.4, 0.5) is 0 Å². The minimum Gasteiger partial charge on any atom is -0.481 e. The molecule has 0 aliphatic carbocycles. The zero-order chi connectivity index (χ0) is 20.7. The Bertz CT molecular complexity index is 393. The highest BCUT2D eigenvalue weighted by atomic mass is 16.4. The van der Waals surface area contributed by atoms with Crippen molar-refractivity contribution in [1.82, 2.24) is 0 Å². The first-order valence-electron chi connectivity index (χ1n) is 11.2. The molecule has 160 valence electrons. The maximum absolute atomic E-state index is 11.9. The summed E-state index contributed by atoms with van der Waals surface area (Å²) in [5.41, 5.74) is -0.579. The van der Waals surface area contributed by atoms with Crippen LogP contribution in [0.2, 0.25) is 0 Å². The van der Waals surface area contributed by atoms with Crippen LogP contribution in [0, 0.1) is 17.3 Å². The molecule has 0 saturated heterocycles. The van der Waals surface area contributed by atoms with E-state index in [1.165, 1.54) is 44.9 Å². The van der Waals surface area contributed by atoms with Crippen LogP contribution < -0.4 is 0 Å². The summed E-state index contributed by atoms with van der Waals surface area (Å²) in [6.07, 6.45) is 15.0. The van der Waals surface area contributed by atoms with Gasteiger partial charge in [-0.2, -0.15) is 0 Å². The summed E-state index contributed by atoms with van der Waals surface area (Å²) in [5.74, 6) is -0.981. The molecular weight excluding hydrogens is 340 g/mol. The lowest BCUT2D eigenvalue weighted by Crippen LogP contribution is -2.41. The molecule has 0 saturated carbocycles. The summed E-state index contributed by atoms with van der Waals surface area (Å²) in [5, 5.41) is 18.3. The third-order valence-electron chi connectivity index (χ3n) is 6.19. The van der Waals surface area contributed by atoms with Crippen LogP contribution in [0.5, 0.6) is 0 Å². The molecule has 0 bridgehead atoms. The van der Waals surface area contributed by atoms with Gasteiger partial charge in [0.1, 0.15) is 0 Å². The Morgan fingerprint density at radius 3 is 1.26 bits per heavy atom. The summed E-state index contributed by atoms with van der Waals surface area (Å²) < 4.78 is 0. The van der Waals surface area contributed by atoms with Gasteiger partial charge in [0.2, 0.25) is 0 Å². The van der Waals surface area contributed by atoms with Gasteiger partial charge in [0.05, 0.1) is 5.41 Å². The van der Waals surface area contributed by atoms with E-state index in [2.05, 4.69) is 0 Å². The highest BCUT2D eigenvalue weighted by Crippen LogP contribution is 2.41.